The van der Waals surface area contributed by atoms with Crippen LogP contribution in [0.1, 0.15) is 22.8 Å². The molecule has 2 aromatic rings. The third-order valence-corrected chi connectivity index (χ3v) is 6.63. The number of benzene rings is 1. The molecule has 1 radical (unpaired) electrons. The molecule has 203 valence electrons. The Balaban J connectivity index is 1.34. The van der Waals surface area contributed by atoms with E-state index in [-0.39, 0.29) is 24.6 Å². The number of nitrogens with one attached hydrogen (secondary N) is 3. The topological polar surface area (TPSA) is 137 Å². The van der Waals surface area contributed by atoms with E-state index >= 15 is 0 Å². The van der Waals surface area contributed by atoms with E-state index in [9.17, 15) is 14.7 Å². The molecule has 3 amide bonds. The Morgan fingerprint density at radius 3 is 2.77 bits per heavy atom. The average Bonchev–Trinajstić information content (AvgIpc) is 3.44. The van der Waals surface area contributed by atoms with Crippen LogP contribution in [-0.2, 0) is 4.74 Å². The third-order valence-electron chi connectivity index (χ3n) is 6.63. The van der Waals surface area contributed by atoms with Gasteiger partial charge in [0.2, 0.25) is 6.67 Å². The Morgan fingerprint density at radius 2 is 2.03 bits per heavy atom. The van der Waals surface area contributed by atoms with Crippen molar-refractivity contribution in [3.8, 4) is 0 Å². The molecule has 0 spiro atoms. The van der Waals surface area contributed by atoms with E-state index in [1.54, 1.807) is 36.4 Å². The molecule has 0 saturated carbocycles. The number of urea groups is 1. The van der Waals surface area contributed by atoms with Crippen LogP contribution in [0.15, 0.2) is 65.8 Å². The van der Waals surface area contributed by atoms with Crippen molar-refractivity contribution in [1.29, 1.82) is 0 Å². The van der Waals surface area contributed by atoms with Gasteiger partial charge in [-0.2, -0.15) is 4.99 Å². The second-order valence-corrected chi connectivity index (χ2v) is 9.47. The minimum atomic E-state index is -0.383. The van der Waals surface area contributed by atoms with E-state index in [2.05, 4.69) is 30.8 Å². The lowest BCUT2D eigenvalue weighted by atomic mass is 10.1. The molecule has 1 saturated heterocycles. The zero-order chi connectivity index (χ0) is 27.4. The number of morpholine rings is 1. The highest BCUT2D eigenvalue weighted by Gasteiger charge is 2.36. The van der Waals surface area contributed by atoms with Crippen molar-refractivity contribution in [3.63, 3.8) is 0 Å². The van der Waals surface area contributed by atoms with Gasteiger partial charge in [0.1, 0.15) is 11.5 Å². The molecule has 3 aliphatic heterocycles. The molecule has 0 aliphatic carbocycles. The highest BCUT2D eigenvalue weighted by Crippen LogP contribution is 2.30. The Bertz CT molecular complexity index is 1320. The van der Waals surface area contributed by atoms with Crippen molar-refractivity contribution in [2.75, 3.05) is 55.1 Å². The lowest BCUT2D eigenvalue weighted by molar-refractivity contribution is 0.0302. The maximum atomic E-state index is 12.8. The number of carbonyl (C=O) groups excluding carboxylic acids is 2. The highest BCUT2D eigenvalue weighted by molar-refractivity contribution is 6.06. The van der Waals surface area contributed by atoms with Gasteiger partial charge in [-0.05, 0) is 43.7 Å². The molecule has 3 aliphatic rings. The molecule has 1 aromatic carbocycles. The number of anilines is 3. The predicted molar refractivity (Wildman–Crippen MR) is 149 cm³/mol. The second-order valence-electron chi connectivity index (χ2n) is 9.47. The summed E-state index contributed by atoms with van der Waals surface area (Å²) in [7, 11) is 0. The second kappa shape index (κ2) is 11.6. The summed E-state index contributed by atoms with van der Waals surface area (Å²) in [6.45, 7) is 6.29. The van der Waals surface area contributed by atoms with Gasteiger partial charge in [0.15, 0.2) is 6.20 Å². The van der Waals surface area contributed by atoms with Crippen LogP contribution in [0.25, 0.3) is 0 Å². The number of pyridine rings is 1. The van der Waals surface area contributed by atoms with Crippen molar-refractivity contribution in [2.45, 2.75) is 19.9 Å². The molecule has 4 heterocycles. The van der Waals surface area contributed by atoms with Crippen LogP contribution < -0.4 is 25.8 Å². The lowest BCUT2D eigenvalue weighted by Gasteiger charge is -2.28. The highest BCUT2D eigenvalue weighted by atomic mass is 16.5. The fraction of sp³-hybridized carbons (Fsp3) is 0.333. The summed E-state index contributed by atoms with van der Waals surface area (Å²) in [4.78, 5) is 39.9. The smallest absolute Gasteiger partial charge is 0.319 e. The van der Waals surface area contributed by atoms with Crippen LogP contribution >= 0.6 is 0 Å². The number of aliphatic hydroxyl groups excluding tert-OH is 1. The summed E-state index contributed by atoms with van der Waals surface area (Å²) >= 11 is 0. The Kier molecular flexibility index (Phi) is 7.87. The van der Waals surface area contributed by atoms with E-state index in [1.165, 1.54) is 0 Å². The number of hydrogen-bond donors (Lipinski definition) is 4. The quantitative estimate of drug-likeness (QED) is 0.401. The first-order valence-corrected chi connectivity index (χ1v) is 12.8. The SMILES string of the molecule is Cc1c(NC(=O)N[C@@H](C)CO)cccc1N1C=C(Nc2ccc(C(=O)N3CCOCC3)cn2)C2=NC=C[N+]2C1. The van der Waals surface area contributed by atoms with Crippen molar-refractivity contribution in [3.05, 3.63) is 72.0 Å². The molecule has 12 heteroatoms. The molecule has 12 nitrogen and oxygen atoms in total. The number of amidine groups is 1. The molecule has 5 rings (SSSR count). The average molecular weight is 533 g/mol. The first-order valence-electron chi connectivity index (χ1n) is 12.8. The van der Waals surface area contributed by atoms with E-state index in [0.717, 1.165) is 22.8 Å². The van der Waals surface area contributed by atoms with Gasteiger partial charge in [-0.1, -0.05) is 11.0 Å². The lowest BCUT2D eigenvalue weighted by Crippen LogP contribution is -2.46. The molecule has 39 heavy (non-hydrogen) atoms. The summed E-state index contributed by atoms with van der Waals surface area (Å²) in [5.41, 5.74) is 3.71. The maximum absolute atomic E-state index is 12.8. The van der Waals surface area contributed by atoms with Crippen LogP contribution in [0, 0.1) is 6.92 Å². The van der Waals surface area contributed by atoms with Gasteiger partial charge in [-0.25, -0.2) is 9.78 Å². The number of aliphatic imine (C=N–C) groups is 1. The van der Waals surface area contributed by atoms with Gasteiger partial charge in [0, 0.05) is 31.2 Å². The van der Waals surface area contributed by atoms with E-state index in [0.29, 0.717) is 50.0 Å². The summed E-state index contributed by atoms with van der Waals surface area (Å²) in [6, 6.07) is 8.50. The van der Waals surface area contributed by atoms with Gasteiger partial charge >= 0.3 is 11.9 Å². The van der Waals surface area contributed by atoms with Crippen molar-refractivity contribution in [2.24, 2.45) is 4.99 Å². The van der Waals surface area contributed by atoms with Crippen LogP contribution in [0.5, 0.6) is 0 Å². The minimum absolute atomic E-state index is 0.0561. The Labute approximate surface area is 226 Å². The molecule has 0 unspecified atom stereocenters. The van der Waals surface area contributed by atoms with Crippen LogP contribution in [0.2, 0.25) is 0 Å². The third kappa shape index (κ3) is 5.93. The van der Waals surface area contributed by atoms with Crippen LogP contribution in [0.4, 0.5) is 22.0 Å². The molecule has 1 aromatic heterocycles. The van der Waals surface area contributed by atoms with Crippen LogP contribution in [0.3, 0.4) is 0 Å². The molecular formula is C27H32N8O4+. The van der Waals surface area contributed by atoms with Gasteiger partial charge in [-0.15, -0.1) is 0 Å². The summed E-state index contributed by atoms with van der Waals surface area (Å²) in [5, 5.41) is 18.1. The number of rotatable bonds is 7. The van der Waals surface area contributed by atoms with Gasteiger partial charge in [0.05, 0.1) is 43.3 Å². The molecule has 1 atom stereocenters. The molecule has 1 fully saturated rings. The number of nitrogens with zero attached hydrogens (tertiary/aromatic N) is 5. The minimum Gasteiger partial charge on any atom is -0.394 e. The van der Waals surface area contributed by atoms with Gasteiger partial charge in [0.25, 0.3) is 5.91 Å². The van der Waals surface area contributed by atoms with E-state index < -0.39 is 0 Å². The Hall–Kier alpha value is -4.26. The molecular weight excluding hydrogens is 500 g/mol. The molecule has 4 N–H and O–H groups in total. The monoisotopic (exact) mass is 532 g/mol. The fourth-order valence-corrected chi connectivity index (χ4v) is 4.50. The first kappa shape index (κ1) is 26.4. The van der Waals surface area contributed by atoms with Crippen molar-refractivity contribution < 1.29 is 19.4 Å². The Morgan fingerprint density at radius 1 is 1.21 bits per heavy atom. The number of hydrogen-bond acceptors (Lipinski definition) is 9. The zero-order valence-electron chi connectivity index (χ0n) is 21.9. The number of carbonyl (C=O) groups is 2. The van der Waals surface area contributed by atoms with E-state index in [4.69, 9.17) is 4.74 Å². The van der Waals surface area contributed by atoms with Crippen molar-refractivity contribution in [1.82, 2.24) is 20.1 Å². The van der Waals surface area contributed by atoms with E-state index in [1.807, 2.05) is 42.4 Å². The standard InChI is InChI=1S/C27H32N8O4/c1-18(16-36)30-27(38)32-21-4-3-5-23(19(21)2)35-15-22(25-28-8-9-34(25)17-35)31-24-7-6-20(14-29-24)26(37)33-10-12-39-13-11-33/h3-9,14-15,18,36H,10-13,16-17H2,1-2H3,(H,29,31)(H2,30,32,38)/q+1/t18-/m0/s1. The van der Waals surface area contributed by atoms with Crippen LogP contribution in [-0.4, -0.2) is 78.4 Å². The summed E-state index contributed by atoms with van der Waals surface area (Å²) in [6.07, 6.45) is 7.17. The molecule has 0 bridgehead atoms. The zero-order valence-corrected chi connectivity index (χ0v) is 21.9. The predicted octanol–water partition coefficient (Wildman–Crippen LogP) is 2.12. The van der Waals surface area contributed by atoms with Gasteiger partial charge in [-0.3, -0.25) is 9.69 Å². The summed E-state index contributed by atoms with van der Waals surface area (Å²) < 4.78 is 5.33. The maximum Gasteiger partial charge on any atom is 0.319 e. The largest absolute Gasteiger partial charge is 0.394 e. The summed E-state index contributed by atoms with van der Waals surface area (Å²) in [5.74, 6) is 1.28. The number of aliphatic hydroxyl groups is 1. The first-order chi connectivity index (χ1) is 18.9. The number of ether oxygens (including phenoxy) is 1. The normalized spacial score (nSPS) is 17.7. The number of aromatic nitrogens is 1. The number of amides is 3. The van der Waals surface area contributed by atoms with Crippen molar-refractivity contribution >= 4 is 35.0 Å². The fourth-order valence-electron chi connectivity index (χ4n) is 4.50. The number of fused-ring (bicyclic) bond motifs is 1. The van der Waals surface area contributed by atoms with Gasteiger partial charge < -0.3 is 30.7 Å².